The third-order valence-corrected chi connectivity index (χ3v) is 4.64. The molecule has 0 aliphatic heterocycles. The van der Waals surface area contributed by atoms with Crippen molar-refractivity contribution >= 4 is 34.6 Å². The molecule has 0 aliphatic rings. The highest BCUT2D eigenvalue weighted by molar-refractivity contribution is 7.12. The molecule has 1 atom stereocenters. The third-order valence-electron chi connectivity index (χ3n) is 3.01. The lowest BCUT2D eigenvalue weighted by atomic mass is 10.2. The quantitative estimate of drug-likeness (QED) is 0.784. The SMILES string of the molecule is CCOC(=O)C(Nc1ccccc1Cl)c1ccc(CC)s1. The normalized spacial score (nSPS) is 12.0. The van der Waals surface area contributed by atoms with Crippen LogP contribution in [0.5, 0.6) is 0 Å². The van der Waals surface area contributed by atoms with E-state index in [0.717, 1.165) is 17.0 Å². The van der Waals surface area contributed by atoms with Gasteiger partial charge in [-0.15, -0.1) is 11.3 Å². The zero-order chi connectivity index (χ0) is 15.2. The number of hydrogen-bond donors (Lipinski definition) is 1. The number of hydrogen-bond acceptors (Lipinski definition) is 4. The summed E-state index contributed by atoms with van der Waals surface area (Å²) in [5, 5.41) is 3.77. The maximum absolute atomic E-state index is 12.2. The number of halogens is 1. The van der Waals surface area contributed by atoms with E-state index >= 15 is 0 Å². The first-order valence-electron chi connectivity index (χ1n) is 6.92. The molecule has 0 radical (unpaired) electrons. The third kappa shape index (κ3) is 3.99. The lowest BCUT2D eigenvalue weighted by Crippen LogP contribution is -2.22. The minimum Gasteiger partial charge on any atom is -0.464 e. The first-order valence-corrected chi connectivity index (χ1v) is 8.11. The second-order valence-corrected chi connectivity index (χ2v) is 6.07. The molecule has 0 bridgehead atoms. The lowest BCUT2D eigenvalue weighted by molar-refractivity contribution is -0.144. The first-order chi connectivity index (χ1) is 10.2. The number of thiophene rings is 1. The molecule has 1 aromatic heterocycles. The molecule has 1 heterocycles. The number of aryl methyl sites for hydroxylation is 1. The van der Waals surface area contributed by atoms with Crippen LogP contribution in [0.15, 0.2) is 36.4 Å². The van der Waals surface area contributed by atoms with Crippen LogP contribution in [0.1, 0.15) is 29.6 Å². The summed E-state index contributed by atoms with van der Waals surface area (Å²) in [5.41, 5.74) is 0.726. The molecule has 0 amide bonds. The van der Waals surface area contributed by atoms with Crippen LogP contribution in [-0.2, 0) is 16.0 Å². The van der Waals surface area contributed by atoms with Gasteiger partial charge in [0.05, 0.1) is 17.3 Å². The van der Waals surface area contributed by atoms with Crippen LogP contribution in [0.2, 0.25) is 5.02 Å². The Bertz CT molecular complexity index is 612. The molecule has 3 nitrogen and oxygen atoms in total. The Kier molecular flexibility index (Phi) is 5.65. The predicted octanol–water partition coefficient (Wildman–Crippen LogP) is 4.68. The Morgan fingerprint density at radius 2 is 2.05 bits per heavy atom. The Labute approximate surface area is 133 Å². The monoisotopic (exact) mass is 323 g/mol. The number of carbonyl (C=O) groups excluding carboxylic acids is 1. The number of rotatable bonds is 6. The molecule has 0 spiro atoms. The molecule has 1 aromatic carbocycles. The topological polar surface area (TPSA) is 38.3 Å². The summed E-state index contributed by atoms with van der Waals surface area (Å²) in [6, 6.07) is 10.8. The second kappa shape index (κ2) is 7.48. The molecular weight excluding hydrogens is 306 g/mol. The van der Waals surface area contributed by atoms with Crippen LogP contribution in [0.4, 0.5) is 5.69 Å². The molecule has 0 saturated heterocycles. The highest BCUT2D eigenvalue weighted by Gasteiger charge is 2.24. The molecule has 1 unspecified atom stereocenters. The number of ether oxygens (including phenoxy) is 1. The molecular formula is C16H18ClNO2S. The fourth-order valence-electron chi connectivity index (χ4n) is 1.95. The van der Waals surface area contributed by atoms with Crippen LogP contribution in [0.25, 0.3) is 0 Å². The van der Waals surface area contributed by atoms with Gasteiger partial charge in [0.25, 0.3) is 0 Å². The molecule has 21 heavy (non-hydrogen) atoms. The molecule has 1 N–H and O–H groups in total. The predicted molar refractivity (Wildman–Crippen MR) is 88.1 cm³/mol. The van der Waals surface area contributed by atoms with Gasteiger partial charge < -0.3 is 10.1 Å². The van der Waals surface area contributed by atoms with Crippen molar-refractivity contribution in [3.8, 4) is 0 Å². The number of carbonyl (C=O) groups is 1. The smallest absolute Gasteiger partial charge is 0.334 e. The zero-order valence-electron chi connectivity index (χ0n) is 12.1. The number of benzene rings is 1. The van der Waals surface area contributed by atoms with E-state index in [1.165, 1.54) is 4.88 Å². The van der Waals surface area contributed by atoms with Gasteiger partial charge in [-0.25, -0.2) is 4.79 Å². The highest BCUT2D eigenvalue weighted by atomic mass is 35.5. The van der Waals surface area contributed by atoms with E-state index in [0.29, 0.717) is 11.6 Å². The average molecular weight is 324 g/mol. The van der Waals surface area contributed by atoms with Crippen molar-refractivity contribution in [3.63, 3.8) is 0 Å². The van der Waals surface area contributed by atoms with E-state index in [-0.39, 0.29) is 5.97 Å². The highest BCUT2D eigenvalue weighted by Crippen LogP contribution is 2.30. The Balaban J connectivity index is 2.28. The lowest BCUT2D eigenvalue weighted by Gasteiger charge is -2.18. The minimum absolute atomic E-state index is 0.290. The molecule has 0 saturated carbocycles. The molecule has 2 aromatic rings. The van der Waals surface area contributed by atoms with Gasteiger partial charge in [0, 0.05) is 9.75 Å². The van der Waals surface area contributed by atoms with Crippen molar-refractivity contribution in [2.75, 3.05) is 11.9 Å². The van der Waals surface area contributed by atoms with Gasteiger partial charge in [-0.3, -0.25) is 0 Å². The van der Waals surface area contributed by atoms with Gasteiger partial charge in [-0.1, -0.05) is 30.7 Å². The van der Waals surface area contributed by atoms with E-state index in [1.807, 2.05) is 30.3 Å². The maximum Gasteiger partial charge on any atom is 0.334 e. The summed E-state index contributed by atoms with van der Waals surface area (Å²) in [7, 11) is 0. The standard InChI is InChI=1S/C16H18ClNO2S/c1-3-11-9-10-14(21-11)15(16(19)20-4-2)18-13-8-6-5-7-12(13)17/h5-10,15,18H,3-4H2,1-2H3. The second-order valence-electron chi connectivity index (χ2n) is 4.47. The van der Waals surface area contributed by atoms with E-state index in [1.54, 1.807) is 24.3 Å². The van der Waals surface area contributed by atoms with Crippen molar-refractivity contribution in [2.45, 2.75) is 26.3 Å². The van der Waals surface area contributed by atoms with E-state index in [2.05, 4.69) is 12.2 Å². The van der Waals surface area contributed by atoms with E-state index < -0.39 is 6.04 Å². The molecule has 2 rings (SSSR count). The maximum atomic E-state index is 12.2. The Hall–Kier alpha value is -1.52. The van der Waals surface area contributed by atoms with Gasteiger partial charge >= 0.3 is 5.97 Å². The molecule has 0 aliphatic carbocycles. The fraction of sp³-hybridized carbons (Fsp3) is 0.312. The summed E-state index contributed by atoms with van der Waals surface area (Å²) >= 11 is 7.77. The fourth-order valence-corrected chi connectivity index (χ4v) is 3.13. The van der Waals surface area contributed by atoms with E-state index in [4.69, 9.17) is 16.3 Å². The summed E-state index contributed by atoms with van der Waals surface area (Å²) in [6.07, 6.45) is 0.951. The average Bonchev–Trinajstić information content (AvgIpc) is 2.95. The van der Waals surface area contributed by atoms with Crippen molar-refractivity contribution in [1.29, 1.82) is 0 Å². The van der Waals surface area contributed by atoms with Crippen molar-refractivity contribution < 1.29 is 9.53 Å². The van der Waals surface area contributed by atoms with Crippen molar-refractivity contribution in [3.05, 3.63) is 51.2 Å². The summed E-state index contributed by atoms with van der Waals surface area (Å²) in [6.45, 7) is 4.25. The Morgan fingerprint density at radius 3 is 2.67 bits per heavy atom. The number of nitrogens with one attached hydrogen (secondary N) is 1. The minimum atomic E-state index is -0.532. The van der Waals surface area contributed by atoms with Crippen molar-refractivity contribution in [1.82, 2.24) is 0 Å². The van der Waals surface area contributed by atoms with Crippen LogP contribution in [-0.4, -0.2) is 12.6 Å². The van der Waals surface area contributed by atoms with Gasteiger partial charge in [0.1, 0.15) is 0 Å². The summed E-state index contributed by atoms with van der Waals surface area (Å²) in [5.74, 6) is -0.290. The summed E-state index contributed by atoms with van der Waals surface area (Å²) < 4.78 is 5.18. The number of para-hydroxylation sites is 1. The van der Waals surface area contributed by atoms with Crippen LogP contribution < -0.4 is 5.32 Å². The van der Waals surface area contributed by atoms with Crippen LogP contribution in [0, 0.1) is 0 Å². The molecule has 112 valence electrons. The van der Waals surface area contributed by atoms with Crippen LogP contribution in [0.3, 0.4) is 0 Å². The first kappa shape index (κ1) is 15.9. The largest absolute Gasteiger partial charge is 0.464 e. The molecule has 0 fully saturated rings. The van der Waals surface area contributed by atoms with Gasteiger partial charge in [-0.2, -0.15) is 0 Å². The van der Waals surface area contributed by atoms with Gasteiger partial charge in [-0.05, 0) is 37.6 Å². The summed E-state index contributed by atoms with van der Waals surface area (Å²) in [4.78, 5) is 14.4. The van der Waals surface area contributed by atoms with Gasteiger partial charge in [0.15, 0.2) is 6.04 Å². The molecule has 5 heteroatoms. The number of esters is 1. The number of anilines is 1. The Morgan fingerprint density at radius 1 is 1.29 bits per heavy atom. The van der Waals surface area contributed by atoms with Gasteiger partial charge in [0.2, 0.25) is 0 Å². The van der Waals surface area contributed by atoms with Crippen molar-refractivity contribution in [2.24, 2.45) is 0 Å². The van der Waals surface area contributed by atoms with E-state index in [9.17, 15) is 4.79 Å². The van der Waals surface area contributed by atoms with Crippen LogP contribution >= 0.6 is 22.9 Å². The zero-order valence-corrected chi connectivity index (χ0v) is 13.6.